The third kappa shape index (κ3) is 3.58. The van der Waals surface area contributed by atoms with E-state index in [1.54, 1.807) is 25.5 Å². The SMILES string of the molecule is COc1ccccc1C=Nc1ccc(C(=O)c2ccccc2)cc1. The van der Waals surface area contributed by atoms with Gasteiger partial charge in [-0.3, -0.25) is 9.79 Å². The second kappa shape index (κ2) is 7.38. The maximum Gasteiger partial charge on any atom is 0.193 e. The van der Waals surface area contributed by atoms with Gasteiger partial charge in [-0.2, -0.15) is 0 Å². The molecular weight excluding hydrogens is 298 g/mol. The van der Waals surface area contributed by atoms with Crippen LogP contribution < -0.4 is 4.74 Å². The van der Waals surface area contributed by atoms with Crippen LogP contribution in [0.2, 0.25) is 0 Å². The van der Waals surface area contributed by atoms with Crippen molar-refractivity contribution in [2.45, 2.75) is 0 Å². The fraction of sp³-hybridized carbons (Fsp3) is 0.0476. The van der Waals surface area contributed by atoms with Gasteiger partial charge in [-0.1, -0.05) is 42.5 Å². The summed E-state index contributed by atoms with van der Waals surface area (Å²) in [6.45, 7) is 0. The summed E-state index contributed by atoms with van der Waals surface area (Å²) in [6.07, 6.45) is 1.76. The molecule has 0 heterocycles. The molecule has 0 fully saturated rings. The van der Waals surface area contributed by atoms with E-state index in [-0.39, 0.29) is 5.78 Å². The van der Waals surface area contributed by atoms with Crippen LogP contribution in [-0.2, 0) is 0 Å². The summed E-state index contributed by atoms with van der Waals surface area (Å²) in [4.78, 5) is 16.8. The Bertz CT molecular complexity index is 853. The lowest BCUT2D eigenvalue weighted by Gasteiger charge is -2.03. The summed E-state index contributed by atoms with van der Waals surface area (Å²) in [5.41, 5.74) is 3.02. The van der Waals surface area contributed by atoms with Crippen molar-refractivity contribution < 1.29 is 9.53 Å². The lowest BCUT2D eigenvalue weighted by atomic mass is 10.0. The van der Waals surface area contributed by atoms with Crippen LogP contribution in [-0.4, -0.2) is 19.1 Å². The Morgan fingerprint density at radius 2 is 1.46 bits per heavy atom. The summed E-state index contributed by atoms with van der Waals surface area (Å²) in [5, 5.41) is 0. The number of rotatable bonds is 5. The van der Waals surface area contributed by atoms with Gasteiger partial charge in [0.05, 0.1) is 12.8 Å². The van der Waals surface area contributed by atoms with Crippen molar-refractivity contribution in [3.63, 3.8) is 0 Å². The number of aliphatic imine (C=N–C) groups is 1. The number of carbonyl (C=O) groups excluding carboxylic acids is 1. The molecule has 0 amide bonds. The van der Waals surface area contributed by atoms with Gasteiger partial charge in [0, 0.05) is 22.9 Å². The van der Waals surface area contributed by atoms with E-state index in [9.17, 15) is 4.79 Å². The molecule has 3 heteroatoms. The number of nitrogens with zero attached hydrogens (tertiary/aromatic N) is 1. The van der Waals surface area contributed by atoms with Gasteiger partial charge < -0.3 is 4.74 Å². The third-order valence-electron chi connectivity index (χ3n) is 3.66. The number of hydrogen-bond acceptors (Lipinski definition) is 3. The van der Waals surface area contributed by atoms with Crippen molar-refractivity contribution in [1.29, 1.82) is 0 Å². The summed E-state index contributed by atoms with van der Waals surface area (Å²) in [7, 11) is 1.64. The molecule has 0 unspecified atom stereocenters. The summed E-state index contributed by atoms with van der Waals surface area (Å²) >= 11 is 0. The fourth-order valence-corrected chi connectivity index (χ4v) is 2.37. The minimum atomic E-state index is 0.0101. The van der Waals surface area contributed by atoms with Gasteiger partial charge in [0.15, 0.2) is 5.78 Å². The van der Waals surface area contributed by atoms with Gasteiger partial charge in [-0.05, 0) is 36.4 Å². The first kappa shape index (κ1) is 15.7. The van der Waals surface area contributed by atoms with E-state index in [0.29, 0.717) is 11.1 Å². The number of carbonyl (C=O) groups is 1. The standard InChI is InChI=1S/C21H17NO2/c1-24-20-10-6-5-9-18(20)15-22-19-13-11-17(12-14-19)21(23)16-7-3-2-4-8-16/h2-15H,1H3. The van der Waals surface area contributed by atoms with E-state index in [1.165, 1.54) is 0 Å². The van der Waals surface area contributed by atoms with E-state index in [1.807, 2.05) is 66.7 Å². The number of ether oxygens (including phenoxy) is 1. The van der Waals surface area contributed by atoms with Crippen molar-refractivity contribution in [3.05, 3.63) is 95.6 Å². The maximum absolute atomic E-state index is 12.4. The normalized spacial score (nSPS) is 10.7. The van der Waals surface area contributed by atoms with Crippen LogP contribution >= 0.6 is 0 Å². The number of hydrogen-bond donors (Lipinski definition) is 0. The molecule has 0 bridgehead atoms. The van der Waals surface area contributed by atoms with Crippen molar-refractivity contribution in [1.82, 2.24) is 0 Å². The smallest absolute Gasteiger partial charge is 0.193 e. The van der Waals surface area contributed by atoms with Gasteiger partial charge in [0.25, 0.3) is 0 Å². The molecule has 0 N–H and O–H groups in total. The first-order valence-electron chi connectivity index (χ1n) is 7.65. The largest absolute Gasteiger partial charge is 0.496 e. The Hall–Kier alpha value is -3.20. The van der Waals surface area contributed by atoms with Crippen LogP contribution in [0, 0.1) is 0 Å². The molecule has 0 aliphatic carbocycles. The Morgan fingerprint density at radius 1 is 0.833 bits per heavy atom. The highest BCUT2D eigenvalue weighted by Gasteiger charge is 2.07. The second-order valence-electron chi connectivity index (χ2n) is 5.24. The zero-order valence-corrected chi connectivity index (χ0v) is 13.3. The third-order valence-corrected chi connectivity index (χ3v) is 3.66. The Balaban J connectivity index is 1.77. The predicted octanol–water partition coefficient (Wildman–Crippen LogP) is 4.68. The lowest BCUT2D eigenvalue weighted by molar-refractivity contribution is 0.103. The Labute approximate surface area is 141 Å². The van der Waals surface area contributed by atoms with Crippen molar-refractivity contribution >= 4 is 17.7 Å². The minimum absolute atomic E-state index is 0.0101. The van der Waals surface area contributed by atoms with Gasteiger partial charge in [0.2, 0.25) is 0 Å². The number of ketones is 1. The monoisotopic (exact) mass is 315 g/mol. The molecule has 3 aromatic rings. The molecule has 0 radical (unpaired) electrons. The molecule has 0 spiro atoms. The average Bonchev–Trinajstić information content (AvgIpc) is 2.67. The molecular formula is C21H17NO2. The van der Waals surface area contributed by atoms with E-state index in [0.717, 1.165) is 17.0 Å². The van der Waals surface area contributed by atoms with Crippen molar-refractivity contribution in [2.75, 3.05) is 7.11 Å². The van der Waals surface area contributed by atoms with Crippen LogP contribution in [0.5, 0.6) is 5.75 Å². The maximum atomic E-state index is 12.4. The minimum Gasteiger partial charge on any atom is -0.496 e. The van der Waals surface area contributed by atoms with Crippen LogP contribution in [0.3, 0.4) is 0 Å². The fourth-order valence-electron chi connectivity index (χ4n) is 2.37. The van der Waals surface area contributed by atoms with E-state index >= 15 is 0 Å². The van der Waals surface area contributed by atoms with Gasteiger partial charge in [-0.25, -0.2) is 0 Å². The predicted molar refractivity (Wildman–Crippen MR) is 96.6 cm³/mol. The van der Waals surface area contributed by atoms with Crippen LogP contribution in [0.25, 0.3) is 0 Å². The molecule has 0 aliphatic heterocycles. The molecule has 0 aliphatic rings. The molecule has 24 heavy (non-hydrogen) atoms. The van der Waals surface area contributed by atoms with Gasteiger partial charge in [-0.15, -0.1) is 0 Å². The first-order chi connectivity index (χ1) is 11.8. The highest BCUT2D eigenvalue weighted by molar-refractivity contribution is 6.09. The molecule has 3 rings (SSSR count). The topological polar surface area (TPSA) is 38.7 Å². The molecule has 0 aromatic heterocycles. The molecule has 3 aromatic carbocycles. The van der Waals surface area contributed by atoms with E-state index in [2.05, 4.69) is 4.99 Å². The highest BCUT2D eigenvalue weighted by atomic mass is 16.5. The number of methoxy groups -OCH3 is 1. The van der Waals surface area contributed by atoms with Gasteiger partial charge >= 0.3 is 0 Å². The van der Waals surface area contributed by atoms with E-state index in [4.69, 9.17) is 4.74 Å². The van der Waals surface area contributed by atoms with Crippen molar-refractivity contribution in [2.24, 2.45) is 4.99 Å². The van der Waals surface area contributed by atoms with Crippen LogP contribution in [0.15, 0.2) is 83.9 Å². The van der Waals surface area contributed by atoms with Crippen molar-refractivity contribution in [3.8, 4) is 5.75 Å². The van der Waals surface area contributed by atoms with Crippen LogP contribution in [0.1, 0.15) is 21.5 Å². The molecule has 0 saturated heterocycles. The molecule has 3 nitrogen and oxygen atoms in total. The zero-order chi connectivity index (χ0) is 16.8. The second-order valence-corrected chi connectivity index (χ2v) is 5.24. The van der Waals surface area contributed by atoms with E-state index < -0.39 is 0 Å². The van der Waals surface area contributed by atoms with Crippen LogP contribution in [0.4, 0.5) is 5.69 Å². The highest BCUT2D eigenvalue weighted by Crippen LogP contribution is 2.19. The summed E-state index contributed by atoms with van der Waals surface area (Å²) in [5.74, 6) is 0.785. The Kier molecular flexibility index (Phi) is 4.82. The summed E-state index contributed by atoms with van der Waals surface area (Å²) in [6, 6.07) is 24.2. The first-order valence-corrected chi connectivity index (χ1v) is 7.65. The number of para-hydroxylation sites is 1. The molecule has 0 atom stereocenters. The average molecular weight is 315 g/mol. The lowest BCUT2D eigenvalue weighted by Crippen LogP contribution is -2.00. The Morgan fingerprint density at radius 3 is 2.17 bits per heavy atom. The summed E-state index contributed by atoms with van der Waals surface area (Å²) < 4.78 is 5.30. The zero-order valence-electron chi connectivity index (χ0n) is 13.3. The quantitative estimate of drug-likeness (QED) is 0.506. The molecule has 0 saturated carbocycles. The number of benzene rings is 3. The van der Waals surface area contributed by atoms with Gasteiger partial charge in [0.1, 0.15) is 5.75 Å². The molecule has 118 valence electrons.